The van der Waals surface area contributed by atoms with E-state index in [4.69, 9.17) is 0 Å². The van der Waals surface area contributed by atoms with Gasteiger partial charge in [-0.15, -0.1) is 0 Å². The number of nitrogens with one attached hydrogen (secondary N) is 1. The van der Waals surface area contributed by atoms with Crippen molar-refractivity contribution in [2.75, 3.05) is 20.1 Å². The van der Waals surface area contributed by atoms with Crippen LogP contribution in [-0.2, 0) is 0 Å². The fourth-order valence-corrected chi connectivity index (χ4v) is 1.93. The number of nitrogens with zero attached hydrogens (tertiary/aromatic N) is 1. The third-order valence-corrected chi connectivity index (χ3v) is 2.64. The molecular weight excluding hydrogens is 160 g/mol. The monoisotopic (exact) mass is 186 g/mol. The Labute approximate surface area is 83.7 Å². The van der Waals surface area contributed by atoms with Crippen LogP contribution in [0.25, 0.3) is 0 Å². The lowest BCUT2D eigenvalue weighted by molar-refractivity contribution is 0.164. The topological polar surface area (TPSA) is 15.3 Å². The molecule has 0 spiro atoms. The van der Waals surface area contributed by atoms with E-state index in [0.29, 0.717) is 6.04 Å². The third kappa shape index (κ3) is 5.27. The quantitative estimate of drug-likeness (QED) is 0.613. The second kappa shape index (κ2) is 7.34. The molecule has 0 heterocycles. The Morgan fingerprint density at radius 1 is 1.23 bits per heavy atom. The van der Waals surface area contributed by atoms with Crippen LogP contribution in [0.1, 0.15) is 40.5 Å². The maximum atomic E-state index is 3.19. The van der Waals surface area contributed by atoms with Gasteiger partial charge in [-0.1, -0.05) is 6.92 Å². The van der Waals surface area contributed by atoms with E-state index in [2.05, 4.69) is 37.9 Å². The normalized spacial score (nSPS) is 14.1. The number of hydrogen-bond donors (Lipinski definition) is 1. The van der Waals surface area contributed by atoms with E-state index in [-0.39, 0.29) is 0 Å². The SMILES string of the molecule is CCN(C(C)C)C(C)CCCNC. The first-order valence-corrected chi connectivity index (χ1v) is 5.53. The molecule has 0 saturated heterocycles. The van der Waals surface area contributed by atoms with Crippen LogP contribution in [0.5, 0.6) is 0 Å². The zero-order chi connectivity index (χ0) is 10.3. The lowest BCUT2D eigenvalue weighted by Gasteiger charge is -2.31. The molecule has 1 unspecified atom stereocenters. The first-order chi connectivity index (χ1) is 6.13. The van der Waals surface area contributed by atoms with Gasteiger partial charge in [0.25, 0.3) is 0 Å². The first kappa shape index (κ1) is 12.9. The lowest BCUT2D eigenvalue weighted by Crippen LogP contribution is -2.38. The second-order valence-electron chi connectivity index (χ2n) is 4.02. The lowest BCUT2D eigenvalue weighted by atomic mass is 10.1. The van der Waals surface area contributed by atoms with Crippen LogP contribution in [0, 0.1) is 0 Å². The summed E-state index contributed by atoms with van der Waals surface area (Å²) in [5.74, 6) is 0. The summed E-state index contributed by atoms with van der Waals surface area (Å²) in [7, 11) is 2.02. The average Bonchev–Trinajstić information content (AvgIpc) is 2.05. The van der Waals surface area contributed by atoms with E-state index in [0.717, 1.165) is 12.6 Å². The summed E-state index contributed by atoms with van der Waals surface area (Å²) in [4.78, 5) is 2.55. The number of hydrogen-bond acceptors (Lipinski definition) is 2. The zero-order valence-electron chi connectivity index (χ0n) is 9.93. The van der Waals surface area contributed by atoms with Gasteiger partial charge in [0.1, 0.15) is 0 Å². The maximum absolute atomic E-state index is 3.19. The van der Waals surface area contributed by atoms with Crippen LogP contribution >= 0.6 is 0 Å². The van der Waals surface area contributed by atoms with Crippen molar-refractivity contribution in [1.82, 2.24) is 10.2 Å². The van der Waals surface area contributed by atoms with Crippen LogP contribution in [0.3, 0.4) is 0 Å². The molecule has 0 aromatic heterocycles. The molecule has 0 radical (unpaired) electrons. The summed E-state index contributed by atoms with van der Waals surface area (Å²) in [6, 6.07) is 1.40. The molecule has 0 aromatic carbocycles. The summed E-state index contributed by atoms with van der Waals surface area (Å²) in [5, 5.41) is 3.19. The van der Waals surface area contributed by atoms with Crippen molar-refractivity contribution in [3.63, 3.8) is 0 Å². The van der Waals surface area contributed by atoms with Gasteiger partial charge >= 0.3 is 0 Å². The minimum atomic E-state index is 0.676. The Balaban J connectivity index is 3.70. The van der Waals surface area contributed by atoms with Crippen molar-refractivity contribution in [2.45, 2.75) is 52.6 Å². The fourth-order valence-electron chi connectivity index (χ4n) is 1.93. The fraction of sp³-hybridized carbons (Fsp3) is 1.00. The van der Waals surface area contributed by atoms with Gasteiger partial charge < -0.3 is 5.32 Å². The molecule has 0 saturated carbocycles. The summed E-state index contributed by atoms with van der Waals surface area (Å²) < 4.78 is 0. The second-order valence-corrected chi connectivity index (χ2v) is 4.02. The van der Waals surface area contributed by atoms with Crippen LogP contribution < -0.4 is 5.32 Å². The molecule has 0 rings (SSSR count). The van der Waals surface area contributed by atoms with E-state index >= 15 is 0 Å². The van der Waals surface area contributed by atoms with E-state index in [9.17, 15) is 0 Å². The Morgan fingerprint density at radius 3 is 2.23 bits per heavy atom. The Hall–Kier alpha value is -0.0800. The van der Waals surface area contributed by atoms with Crippen molar-refractivity contribution < 1.29 is 0 Å². The smallest absolute Gasteiger partial charge is 0.00699 e. The van der Waals surface area contributed by atoms with Crippen LogP contribution in [0.4, 0.5) is 0 Å². The van der Waals surface area contributed by atoms with Crippen LogP contribution in [0.2, 0.25) is 0 Å². The molecule has 0 aliphatic heterocycles. The van der Waals surface area contributed by atoms with Crippen LogP contribution in [0.15, 0.2) is 0 Å². The highest BCUT2D eigenvalue weighted by molar-refractivity contribution is 4.69. The van der Waals surface area contributed by atoms with Crippen molar-refractivity contribution >= 4 is 0 Å². The van der Waals surface area contributed by atoms with Gasteiger partial charge in [0.2, 0.25) is 0 Å². The third-order valence-electron chi connectivity index (χ3n) is 2.64. The summed E-state index contributed by atoms with van der Waals surface area (Å²) in [6.07, 6.45) is 2.58. The standard InChI is InChI=1S/C11H26N2/c1-6-13(10(2)3)11(4)8-7-9-12-5/h10-12H,6-9H2,1-5H3. The minimum absolute atomic E-state index is 0.676. The van der Waals surface area contributed by atoms with Crippen molar-refractivity contribution in [2.24, 2.45) is 0 Å². The first-order valence-electron chi connectivity index (χ1n) is 5.53. The summed E-state index contributed by atoms with van der Waals surface area (Å²) >= 11 is 0. The summed E-state index contributed by atoms with van der Waals surface area (Å²) in [6.45, 7) is 11.4. The Morgan fingerprint density at radius 2 is 1.85 bits per heavy atom. The predicted molar refractivity (Wildman–Crippen MR) is 60.1 cm³/mol. The van der Waals surface area contributed by atoms with Gasteiger partial charge in [0, 0.05) is 12.1 Å². The molecule has 0 aliphatic rings. The van der Waals surface area contributed by atoms with Crippen molar-refractivity contribution in [3.8, 4) is 0 Å². The molecule has 0 amide bonds. The molecule has 2 heteroatoms. The molecule has 0 fully saturated rings. The van der Waals surface area contributed by atoms with Crippen LogP contribution in [-0.4, -0.2) is 37.1 Å². The van der Waals surface area contributed by atoms with Crippen molar-refractivity contribution in [1.29, 1.82) is 0 Å². The van der Waals surface area contributed by atoms with E-state index in [1.165, 1.54) is 19.4 Å². The molecule has 0 aromatic rings. The highest BCUT2D eigenvalue weighted by Crippen LogP contribution is 2.09. The molecule has 13 heavy (non-hydrogen) atoms. The average molecular weight is 186 g/mol. The molecular formula is C11H26N2. The van der Waals surface area contributed by atoms with Gasteiger partial charge in [0.05, 0.1) is 0 Å². The largest absolute Gasteiger partial charge is 0.320 e. The van der Waals surface area contributed by atoms with Gasteiger partial charge in [-0.2, -0.15) is 0 Å². The molecule has 1 N–H and O–H groups in total. The van der Waals surface area contributed by atoms with Gasteiger partial charge in [-0.05, 0) is 53.8 Å². The van der Waals surface area contributed by atoms with E-state index in [1.54, 1.807) is 0 Å². The highest BCUT2D eigenvalue weighted by atomic mass is 15.2. The molecule has 80 valence electrons. The van der Waals surface area contributed by atoms with Crippen molar-refractivity contribution in [3.05, 3.63) is 0 Å². The van der Waals surface area contributed by atoms with E-state index < -0.39 is 0 Å². The van der Waals surface area contributed by atoms with Gasteiger partial charge in [-0.25, -0.2) is 0 Å². The Kier molecular flexibility index (Phi) is 7.29. The molecule has 0 bridgehead atoms. The highest BCUT2D eigenvalue weighted by Gasteiger charge is 2.13. The Bertz CT molecular complexity index is 113. The van der Waals surface area contributed by atoms with Gasteiger partial charge in [0.15, 0.2) is 0 Å². The molecule has 1 atom stereocenters. The minimum Gasteiger partial charge on any atom is -0.320 e. The number of rotatable bonds is 7. The predicted octanol–water partition coefficient (Wildman–Crippen LogP) is 2.10. The molecule has 0 aliphatic carbocycles. The van der Waals surface area contributed by atoms with E-state index in [1.807, 2.05) is 7.05 Å². The molecule has 2 nitrogen and oxygen atoms in total. The maximum Gasteiger partial charge on any atom is 0.00699 e. The van der Waals surface area contributed by atoms with Gasteiger partial charge in [-0.3, -0.25) is 4.90 Å². The summed E-state index contributed by atoms with van der Waals surface area (Å²) in [5.41, 5.74) is 0. The zero-order valence-corrected chi connectivity index (χ0v) is 9.93.